The number of hydrogen-bond donors (Lipinski definition) is 0. The molecule has 0 fully saturated rings. The minimum atomic E-state index is 0.690. The maximum atomic E-state index is 9.34. The number of aryl methyl sites for hydroxylation is 2. The Bertz CT molecular complexity index is 805. The van der Waals surface area contributed by atoms with Gasteiger partial charge in [-0.2, -0.15) is 5.26 Å². The summed E-state index contributed by atoms with van der Waals surface area (Å²) in [7, 11) is 0. The van der Waals surface area contributed by atoms with Crippen LogP contribution in [-0.2, 0) is 0 Å². The zero-order chi connectivity index (χ0) is 15.5. The fourth-order valence-corrected chi connectivity index (χ4v) is 2.67. The minimum absolute atomic E-state index is 0.690. The van der Waals surface area contributed by atoms with Crippen molar-refractivity contribution in [3.63, 3.8) is 0 Å². The summed E-state index contributed by atoms with van der Waals surface area (Å²) in [6.45, 7) is 4.16. The summed E-state index contributed by atoms with van der Waals surface area (Å²) in [5, 5.41) is 9.34. The van der Waals surface area contributed by atoms with E-state index in [2.05, 4.69) is 74.5 Å². The van der Waals surface area contributed by atoms with Crippen molar-refractivity contribution < 1.29 is 0 Å². The summed E-state index contributed by atoms with van der Waals surface area (Å²) in [5.74, 6) is 0. The Hall–Kier alpha value is -2.85. The topological polar surface area (TPSA) is 23.8 Å². The Kier molecular flexibility index (Phi) is 3.76. The molecule has 0 amide bonds. The van der Waals surface area contributed by atoms with Crippen molar-refractivity contribution in [1.29, 1.82) is 5.26 Å². The molecule has 22 heavy (non-hydrogen) atoms. The lowest BCUT2D eigenvalue weighted by Crippen LogP contribution is -1.86. The average Bonchev–Trinajstić information content (AvgIpc) is 2.54. The van der Waals surface area contributed by atoms with E-state index < -0.39 is 0 Å². The van der Waals surface area contributed by atoms with E-state index >= 15 is 0 Å². The van der Waals surface area contributed by atoms with E-state index in [0.29, 0.717) is 5.56 Å². The highest BCUT2D eigenvalue weighted by Crippen LogP contribution is 2.29. The summed E-state index contributed by atoms with van der Waals surface area (Å²) in [4.78, 5) is 0. The molecule has 0 bridgehead atoms. The Morgan fingerprint density at radius 2 is 1.14 bits per heavy atom. The molecule has 0 aliphatic heterocycles. The highest BCUT2D eigenvalue weighted by atomic mass is 14.2. The molecule has 0 heterocycles. The molecule has 0 spiro atoms. The highest BCUT2D eigenvalue weighted by molar-refractivity contribution is 5.75. The number of nitrogens with zero attached hydrogens (tertiary/aromatic N) is 1. The van der Waals surface area contributed by atoms with Crippen molar-refractivity contribution in [1.82, 2.24) is 0 Å². The van der Waals surface area contributed by atoms with Crippen LogP contribution in [0.15, 0.2) is 66.7 Å². The maximum Gasteiger partial charge on any atom is 0.0992 e. The zero-order valence-electron chi connectivity index (χ0n) is 12.8. The second-order valence-corrected chi connectivity index (χ2v) is 5.65. The monoisotopic (exact) mass is 283 g/mol. The molecule has 1 heteroatoms. The smallest absolute Gasteiger partial charge is 0.0992 e. The fraction of sp³-hybridized carbons (Fsp3) is 0.0952. The normalized spacial score (nSPS) is 10.2. The molecule has 0 radical (unpaired) electrons. The highest BCUT2D eigenvalue weighted by Gasteiger charge is 2.06. The second-order valence-electron chi connectivity index (χ2n) is 5.65. The van der Waals surface area contributed by atoms with Gasteiger partial charge in [0, 0.05) is 0 Å². The molecular formula is C21H17N. The fourth-order valence-electron chi connectivity index (χ4n) is 2.67. The molecule has 0 aliphatic carbocycles. The van der Waals surface area contributed by atoms with Crippen LogP contribution in [0.1, 0.15) is 16.7 Å². The van der Waals surface area contributed by atoms with Crippen LogP contribution in [0, 0.1) is 25.2 Å². The van der Waals surface area contributed by atoms with Crippen LogP contribution in [0.2, 0.25) is 0 Å². The maximum absolute atomic E-state index is 9.34. The van der Waals surface area contributed by atoms with Gasteiger partial charge in [-0.25, -0.2) is 0 Å². The van der Waals surface area contributed by atoms with Gasteiger partial charge in [0.25, 0.3) is 0 Å². The molecule has 106 valence electrons. The van der Waals surface area contributed by atoms with Gasteiger partial charge in [0.1, 0.15) is 0 Å². The standard InChI is InChI=1S/C21H17N/c1-15-5-3-7-18(9-15)20-11-17(14-22)12-21(13-20)19-8-4-6-16(2)10-19/h3-13H,1-2H3. The lowest BCUT2D eigenvalue weighted by atomic mass is 9.95. The van der Waals surface area contributed by atoms with Crippen molar-refractivity contribution in [3.05, 3.63) is 83.4 Å². The molecule has 0 aliphatic rings. The van der Waals surface area contributed by atoms with Crippen LogP contribution >= 0.6 is 0 Å². The molecule has 0 saturated heterocycles. The van der Waals surface area contributed by atoms with Crippen LogP contribution < -0.4 is 0 Å². The van der Waals surface area contributed by atoms with E-state index in [4.69, 9.17) is 0 Å². The lowest BCUT2D eigenvalue weighted by molar-refractivity contribution is 1.44. The molecule has 3 aromatic carbocycles. The van der Waals surface area contributed by atoms with Crippen molar-refractivity contribution in [2.75, 3.05) is 0 Å². The number of rotatable bonds is 2. The molecule has 0 atom stereocenters. The Morgan fingerprint density at radius 3 is 1.55 bits per heavy atom. The molecule has 0 aromatic heterocycles. The Labute approximate surface area is 131 Å². The molecule has 0 unspecified atom stereocenters. The largest absolute Gasteiger partial charge is 0.192 e. The van der Waals surface area contributed by atoms with Crippen LogP contribution in [0.25, 0.3) is 22.3 Å². The minimum Gasteiger partial charge on any atom is -0.192 e. The first-order chi connectivity index (χ1) is 10.7. The zero-order valence-corrected chi connectivity index (χ0v) is 12.8. The van der Waals surface area contributed by atoms with Crippen LogP contribution in [0.4, 0.5) is 0 Å². The quantitative estimate of drug-likeness (QED) is 0.608. The first-order valence-electron chi connectivity index (χ1n) is 7.35. The van der Waals surface area contributed by atoms with Gasteiger partial charge in [0.05, 0.1) is 11.6 Å². The van der Waals surface area contributed by atoms with Gasteiger partial charge < -0.3 is 0 Å². The average molecular weight is 283 g/mol. The molecule has 3 aromatic rings. The summed E-state index contributed by atoms with van der Waals surface area (Å²) in [6, 6.07) is 25.1. The number of nitriles is 1. The van der Waals surface area contributed by atoms with Crippen LogP contribution in [0.3, 0.4) is 0 Å². The Balaban J connectivity index is 2.17. The van der Waals surface area contributed by atoms with Crippen LogP contribution in [-0.4, -0.2) is 0 Å². The van der Waals surface area contributed by atoms with E-state index in [9.17, 15) is 5.26 Å². The summed E-state index contributed by atoms with van der Waals surface area (Å²) in [6.07, 6.45) is 0. The van der Waals surface area contributed by atoms with Crippen molar-refractivity contribution in [2.24, 2.45) is 0 Å². The van der Waals surface area contributed by atoms with E-state index in [0.717, 1.165) is 22.3 Å². The predicted molar refractivity (Wildman–Crippen MR) is 91.5 cm³/mol. The van der Waals surface area contributed by atoms with Crippen molar-refractivity contribution >= 4 is 0 Å². The predicted octanol–water partition coefficient (Wildman–Crippen LogP) is 5.51. The molecule has 3 rings (SSSR count). The Morgan fingerprint density at radius 1 is 0.636 bits per heavy atom. The van der Waals surface area contributed by atoms with Crippen molar-refractivity contribution in [2.45, 2.75) is 13.8 Å². The van der Waals surface area contributed by atoms with Gasteiger partial charge in [0.2, 0.25) is 0 Å². The van der Waals surface area contributed by atoms with Gasteiger partial charge >= 0.3 is 0 Å². The van der Waals surface area contributed by atoms with E-state index in [1.807, 2.05) is 12.1 Å². The van der Waals surface area contributed by atoms with E-state index in [1.54, 1.807) is 0 Å². The molecular weight excluding hydrogens is 266 g/mol. The SMILES string of the molecule is Cc1cccc(-c2cc(C#N)cc(-c3cccc(C)c3)c2)c1. The third-order valence-corrected chi connectivity index (χ3v) is 3.76. The van der Waals surface area contributed by atoms with Crippen molar-refractivity contribution in [3.8, 4) is 28.3 Å². The van der Waals surface area contributed by atoms with Gasteiger partial charge in [-0.1, -0.05) is 59.7 Å². The van der Waals surface area contributed by atoms with Gasteiger partial charge in [-0.05, 0) is 54.3 Å². The second kappa shape index (κ2) is 5.87. The van der Waals surface area contributed by atoms with Gasteiger partial charge in [-0.3, -0.25) is 0 Å². The number of benzene rings is 3. The number of hydrogen-bond acceptors (Lipinski definition) is 1. The van der Waals surface area contributed by atoms with E-state index in [1.165, 1.54) is 11.1 Å². The molecule has 0 saturated carbocycles. The van der Waals surface area contributed by atoms with Gasteiger partial charge in [0.15, 0.2) is 0 Å². The first kappa shape index (κ1) is 14.1. The molecule has 0 N–H and O–H groups in total. The lowest BCUT2D eigenvalue weighted by Gasteiger charge is -2.09. The third-order valence-electron chi connectivity index (χ3n) is 3.76. The summed E-state index contributed by atoms with van der Waals surface area (Å²) >= 11 is 0. The third kappa shape index (κ3) is 2.92. The molecule has 1 nitrogen and oxygen atoms in total. The van der Waals surface area contributed by atoms with Gasteiger partial charge in [-0.15, -0.1) is 0 Å². The summed E-state index contributed by atoms with van der Waals surface area (Å²) < 4.78 is 0. The van der Waals surface area contributed by atoms with Crippen LogP contribution in [0.5, 0.6) is 0 Å². The van der Waals surface area contributed by atoms with E-state index in [-0.39, 0.29) is 0 Å². The summed E-state index contributed by atoms with van der Waals surface area (Å²) in [5.41, 5.74) is 7.58. The first-order valence-corrected chi connectivity index (χ1v) is 7.35.